The average Bonchev–Trinajstić information content (AvgIpc) is 2.50. The quantitative estimate of drug-likeness (QED) is 0.763. The molecule has 4 N–H and O–H groups in total. The molecule has 2 aromatic carbocycles. The number of aryl methyl sites for hydroxylation is 3. The van der Waals surface area contributed by atoms with E-state index in [1.165, 1.54) is 12.1 Å². The summed E-state index contributed by atoms with van der Waals surface area (Å²) in [6.07, 6.45) is 0.587. The van der Waals surface area contributed by atoms with Gasteiger partial charge in [-0.15, -0.1) is 0 Å². The first-order valence-corrected chi connectivity index (χ1v) is 9.46. The molecule has 0 unspecified atom stereocenters. The lowest BCUT2D eigenvalue weighted by atomic mass is 10.1. The largest absolute Gasteiger partial charge is 0.338 e. The van der Waals surface area contributed by atoms with Gasteiger partial charge in [0, 0.05) is 12.2 Å². The number of amides is 2. The Hall–Kier alpha value is -2.38. The van der Waals surface area contributed by atoms with Crippen molar-refractivity contribution in [2.45, 2.75) is 32.1 Å². The maximum atomic E-state index is 12.1. The second kappa shape index (κ2) is 7.67. The van der Waals surface area contributed by atoms with Crippen molar-refractivity contribution in [1.82, 2.24) is 5.32 Å². The van der Waals surface area contributed by atoms with E-state index >= 15 is 0 Å². The van der Waals surface area contributed by atoms with Crippen molar-refractivity contribution in [3.63, 3.8) is 0 Å². The van der Waals surface area contributed by atoms with Gasteiger partial charge in [0.05, 0.1) is 4.90 Å². The van der Waals surface area contributed by atoms with Gasteiger partial charge in [0.15, 0.2) is 0 Å². The fourth-order valence-electron chi connectivity index (χ4n) is 2.70. The molecule has 134 valence electrons. The van der Waals surface area contributed by atoms with Crippen LogP contribution in [0.15, 0.2) is 41.3 Å². The van der Waals surface area contributed by atoms with Crippen LogP contribution >= 0.6 is 0 Å². The molecule has 7 heteroatoms. The highest BCUT2D eigenvalue weighted by molar-refractivity contribution is 7.89. The summed E-state index contributed by atoms with van der Waals surface area (Å²) < 4.78 is 22.4. The Labute approximate surface area is 148 Å². The van der Waals surface area contributed by atoms with Gasteiger partial charge in [-0.2, -0.15) is 0 Å². The van der Waals surface area contributed by atoms with Crippen molar-refractivity contribution < 1.29 is 13.2 Å². The Morgan fingerprint density at radius 3 is 2.12 bits per heavy atom. The van der Waals surface area contributed by atoms with E-state index in [1.54, 1.807) is 12.1 Å². The van der Waals surface area contributed by atoms with Gasteiger partial charge in [-0.1, -0.05) is 29.8 Å². The van der Waals surface area contributed by atoms with Gasteiger partial charge in [-0.3, -0.25) is 0 Å². The van der Waals surface area contributed by atoms with E-state index in [-0.39, 0.29) is 10.9 Å². The normalized spacial score (nSPS) is 11.2. The van der Waals surface area contributed by atoms with E-state index in [9.17, 15) is 13.2 Å². The van der Waals surface area contributed by atoms with E-state index in [2.05, 4.69) is 10.6 Å². The van der Waals surface area contributed by atoms with E-state index in [0.717, 1.165) is 27.9 Å². The molecule has 0 saturated heterocycles. The summed E-state index contributed by atoms with van der Waals surface area (Å²) in [6.45, 7) is 6.38. The summed E-state index contributed by atoms with van der Waals surface area (Å²) in [7, 11) is -3.68. The third-order valence-corrected chi connectivity index (χ3v) is 4.80. The van der Waals surface area contributed by atoms with E-state index in [0.29, 0.717) is 13.0 Å². The smallest absolute Gasteiger partial charge is 0.319 e. The molecule has 0 aliphatic carbocycles. The van der Waals surface area contributed by atoms with Crippen LogP contribution in [0.3, 0.4) is 0 Å². The molecule has 6 nitrogen and oxygen atoms in total. The van der Waals surface area contributed by atoms with Gasteiger partial charge in [-0.25, -0.2) is 18.4 Å². The second-order valence-electron chi connectivity index (χ2n) is 6.09. The van der Waals surface area contributed by atoms with Crippen molar-refractivity contribution in [3.05, 3.63) is 58.7 Å². The number of nitrogens with two attached hydrogens (primary N) is 1. The Balaban J connectivity index is 1.89. The third kappa shape index (κ3) is 5.30. The first-order chi connectivity index (χ1) is 11.7. The van der Waals surface area contributed by atoms with Crippen molar-refractivity contribution in [1.29, 1.82) is 0 Å². The lowest BCUT2D eigenvalue weighted by Crippen LogP contribution is -2.31. The molecule has 2 aromatic rings. The highest BCUT2D eigenvalue weighted by Crippen LogP contribution is 2.21. The van der Waals surface area contributed by atoms with Crippen LogP contribution < -0.4 is 15.8 Å². The topological polar surface area (TPSA) is 101 Å². The minimum atomic E-state index is -3.68. The monoisotopic (exact) mass is 361 g/mol. The molecule has 0 aromatic heterocycles. The predicted molar refractivity (Wildman–Crippen MR) is 99.2 cm³/mol. The zero-order chi connectivity index (χ0) is 18.6. The molecular weight excluding hydrogens is 338 g/mol. The Morgan fingerprint density at radius 2 is 1.60 bits per heavy atom. The number of carbonyl (C=O) groups is 1. The van der Waals surface area contributed by atoms with Crippen LogP contribution in [-0.2, 0) is 16.4 Å². The summed E-state index contributed by atoms with van der Waals surface area (Å²) in [5.74, 6) is 0. The standard InChI is InChI=1S/C18H23N3O3S/c1-12-10-13(2)17(14(3)11-12)21-18(22)20-9-8-15-4-6-16(7-5-15)25(19,23)24/h4-7,10-11H,8-9H2,1-3H3,(H2,19,23,24)(H2,20,21,22). The first-order valence-electron chi connectivity index (χ1n) is 7.91. The van der Waals surface area contributed by atoms with Crippen LogP contribution in [0.5, 0.6) is 0 Å². The van der Waals surface area contributed by atoms with Gasteiger partial charge in [0.2, 0.25) is 10.0 Å². The number of carbonyl (C=O) groups excluding carboxylic acids is 1. The molecule has 0 bridgehead atoms. The molecule has 2 rings (SSSR count). The summed E-state index contributed by atoms with van der Waals surface area (Å²) in [5, 5.41) is 10.7. The highest BCUT2D eigenvalue weighted by atomic mass is 32.2. The number of nitrogens with one attached hydrogen (secondary N) is 2. The number of rotatable bonds is 5. The molecule has 0 aliphatic heterocycles. The van der Waals surface area contributed by atoms with Crippen LogP contribution in [0.4, 0.5) is 10.5 Å². The number of benzene rings is 2. The molecule has 0 saturated carbocycles. The molecule has 0 aliphatic rings. The fourth-order valence-corrected chi connectivity index (χ4v) is 3.22. The maximum absolute atomic E-state index is 12.1. The van der Waals surface area contributed by atoms with Crippen molar-refractivity contribution in [2.24, 2.45) is 5.14 Å². The van der Waals surface area contributed by atoms with E-state index < -0.39 is 10.0 Å². The SMILES string of the molecule is Cc1cc(C)c(NC(=O)NCCc2ccc(S(N)(=O)=O)cc2)c(C)c1. The van der Waals surface area contributed by atoms with Crippen molar-refractivity contribution in [2.75, 3.05) is 11.9 Å². The molecule has 0 atom stereocenters. The Kier molecular flexibility index (Phi) is 5.81. The Morgan fingerprint density at radius 1 is 1.04 bits per heavy atom. The summed E-state index contributed by atoms with van der Waals surface area (Å²) >= 11 is 0. The Bertz CT molecular complexity index is 852. The number of sulfonamides is 1. The average molecular weight is 361 g/mol. The highest BCUT2D eigenvalue weighted by Gasteiger charge is 2.09. The zero-order valence-corrected chi connectivity index (χ0v) is 15.4. The molecule has 0 heterocycles. The number of hydrogen-bond donors (Lipinski definition) is 3. The van der Waals surface area contributed by atoms with Crippen LogP contribution in [0.2, 0.25) is 0 Å². The predicted octanol–water partition coefficient (Wildman–Crippen LogP) is 2.62. The number of anilines is 1. The molecular formula is C18H23N3O3S. The van der Waals surface area contributed by atoms with Crippen LogP contribution in [-0.4, -0.2) is 21.0 Å². The molecule has 0 fully saturated rings. The van der Waals surface area contributed by atoms with Crippen molar-refractivity contribution >= 4 is 21.7 Å². The number of primary sulfonamides is 1. The number of urea groups is 1. The lowest BCUT2D eigenvalue weighted by Gasteiger charge is -2.13. The van der Waals surface area contributed by atoms with Crippen LogP contribution in [0.25, 0.3) is 0 Å². The third-order valence-electron chi connectivity index (χ3n) is 3.87. The molecule has 0 spiro atoms. The van der Waals surface area contributed by atoms with Gasteiger partial charge in [0.25, 0.3) is 0 Å². The van der Waals surface area contributed by atoms with E-state index in [4.69, 9.17) is 5.14 Å². The molecule has 2 amide bonds. The lowest BCUT2D eigenvalue weighted by molar-refractivity contribution is 0.252. The molecule has 0 radical (unpaired) electrons. The van der Waals surface area contributed by atoms with Gasteiger partial charge >= 0.3 is 6.03 Å². The minimum Gasteiger partial charge on any atom is -0.338 e. The zero-order valence-electron chi connectivity index (χ0n) is 14.6. The van der Waals surface area contributed by atoms with Crippen LogP contribution in [0, 0.1) is 20.8 Å². The summed E-state index contributed by atoms with van der Waals surface area (Å²) in [4.78, 5) is 12.1. The van der Waals surface area contributed by atoms with Gasteiger partial charge in [-0.05, 0) is 56.0 Å². The van der Waals surface area contributed by atoms with Gasteiger partial charge < -0.3 is 10.6 Å². The van der Waals surface area contributed by atoms with Crippen molar-refractivity contribution in [3.8, 4) is 0 Å². The minimum absolute atomic E-state index is 0.0762. The fraction of sp³-hybridized carbons (Fsp3) is 0.278. The first kappa shape index (κ1) is 19.0. The summed E-state index contributed by atoms with van der Waals surface area (Å²) in [6, 6.07) is 10.1. The second-order valence-corrected chi connectivity index (χ2v) is 7.66. The van der Waals surface area contributed by atoms with E-state index in [1.807, 2.05) is 32.9 Å². The molecule has 25 heavy (non-hydrogen) atoms. The number of hydrogen-bond acceptors (Lipinski definition) is 3. The van der Waals surface area contributed by atoms with Gasteiger partial charge in [0.1, 0.15) is 0 Å². The maximum Gasteiger partial charge on any atom is 0.319 e. The van der Waals surface area contributed by atoms with Crippen LogP contribution in [0.1, 0.15) is 22.3 Å². The summed E-state index contributed by atoms with van der Waals surface area (Å²) in [5.41, 5.74) is 4.93.